The first kappa shape index (κ1) is 10.5. The summed E-state index contributed by atoms with van der Waals surface area (Å²) >= 11 is 0. The quantitative estimate of drug-likeness (QED) is 0.558. The molecule has 0 bridgehead atoms. The van der Waals surface area contributed by atoms with E-state index in [1.807, 2.05) is 0 Å². The molecule has 0 N–H and O–H groups in total. The highest BCUT2D eigenvalue weighted by Gasteiger charge is 2.22. The van der Waals surface area contributed by atoms with Gasteiger partial charge in [0, 0.05) is 16.9 Å². The summed E-state index contributed by atoms with van der Waals surface area (Å²) in [6, 6.07) is 5.12. The number of nitrogens with zero attached hydrogens (tertiary/aromatic N) is 5. The van der Waals surface area contributed by atoms with Crippen molar-refractivity contribution in [1.82, 2.24) is 9.89 Å². The Hall–Kier alpha value is -3.02. The van der Waals surface area contributed by atoms with Gasteiger partial charge in [-0.05, 0) is 6.07 Å². The van der Waals surface area contributed by atoms with Crippen LogP contribution in [0.3, 0.4) is 0 Å². The predicted octanol–water partition coefficient (Wildman–Crippen LogP) is 0.856. The fourth-order valence-electron chi connectivity index (χ4n) is 1.41. The third-order valence-corrected chi connectivity index (χ3v) is 2.12. The Bertz CT molecular complexity index is 683. The molecule has 9 heteroatoms. The molecule has 84 valence electrons. The molecule has 0 aliphatic heterocycles. The van der Waals surface area contributed by atoms with Gasteiger partial charge in [0.05, 0.1) is 20.4 Å². The molecule has 0 radical (unpaired) electrons. The van der Waals surface area contributed by atoms with Gasteiger partial charge in [-0.15, -0.1) is 0 Å². The molecule has 0 saturated carbocycles. The van der Waals surface area contributed by atoms with Crippen LogP contribution in [0.4, 0.5) is 5.69 Å². The van der Waals surface area contributed by atoms with Crippen LogP contribution in [-0.4, -0.2) is 19.8 Å². The van der Waals surface area contributed by atoms with Gasteiger partial charge >= 0.3 is 0 Å². The Morgan fingerprint density at radius 1 is 1.35 bits per heavy atom. The Balaban J connectivity index is 2.84. The van der Waals surface area contributed by atoms with E-state index < -0.39 is 9.96 Å². The van der Waals surface area contributed by atoms with Crippen molar-refractivity contribution in [1.29, 1.82) is 5.26 Å². The number of hydrogen-bond acceptors (Lipinski definition) is 6. The number of benzene rings is 1. The molecule has 1 aromatic carbocycles. The van der Waals surface area contributed by atoms with Crippen molar-refractivity contribution in [2.24, 2.45) is 0 Å². The second-order valence-electron chi connectivity index (χ2n) is 3.05. The molecule has 2 rings (SSSR count). The number of nitriles is 1. The first-order valence-electron chi connectivity index (χ1n) is 4.26. The standard InChI is InChI=1S/C8H3N5O4/c9-4-7-6-2-1-5(12(14)15)3-8(6)11(10-7)13(16)17/h1-3H. The second-order valence-corrected chi connectivity index (χ2v) is 3.05. The van der Waals surface area contributed by atoms with Crippen LogP contribution in [0.15, 0.2) is 18.2 Å². The minimum absolute atomic E-state index is 0.0826. The molecular weight excluding hydrogens is 230 g/mol. The number of rotatable bonds is 2. The van der Waals surface area contributed by atoms with Gasteiger partial charge in [-0.2, -0.15) is 5.26 Å². The highest BCUT2D eigenvalue weighted by atomic mass is 16.7. The van der Waals surface area contributed by atoms with Gasteiger partial charge in [-0.3, -0.25) is 10.1 Å². The minimum Gasteiger partial charge on any atom is -0.339 e. The van der Waals surface area contributed by atoms with Crippen molar-refractivity contribution in [3.63, 3.8) is 0 Å². The first-order chi connectivity index (χ1) is 8.04. The van der Waals surface area contributed by atoms with Crippen LogP contribution >= 0.6 is 0 Å². The van der Waals surface area contributed by atoms with E-state index in [2.05, 4.69) is 5.10 Å². The molecule has 1 aromatic heterocycles. The normalized spacial score (nSPS) is 10.1. The van der Waals surface area contributed by atoms with Crippen molar-refractivity contribution < 1.29 is 9.96 Å². The summed E-state index contributed by atoms with van der Waals surface area (Å²) in [4.78, 5) is 20.9. The third-order valence-electron chi connectivity index (χ3n) is 2.12. The fourth-order valence-corrected chi connectivity index (χ4v) is 1.41. The van der Waals surface area contributed by atoms with Crippen molar-refractivity contribution in [2.75, 3.05) is 0 Å². The summed E-state index contributed by atoms with van der Waals surface area (Å²) < 4.78 is 0. The summed E-state index contributed by atoms with van der Waals surface area (Å²) in [6.07, 6.45) is 0. The van der Waals surface area contributed by atoms with E-state index in [1.54, 1.807) is 6.07 Å². The molecule has 0 atom stereocenters. The largest absolute Gasteiger partial charge is 0.339 e. The van der Waals surface area contributed by atoms with Crippen LogP contribution < -0.4 is 0 Å². The Morgan fingerprint density at radius 3 is 2.59 bits per heavy atom. The van der Waals surface area contributed by atoms with Crippen molar-refractivity contribution in [3.05, 3.63) is 44.1 Å². The maximum absolute atomic E-state index is 10.7. The summed E-state index contributed by atoms with van der Waals surface area (Å²) in [5, 5.41) is 32.7. The van der Waals surface area contributed by atoms with E-state index in [0.717, 1.165) is 12.1 Å². The second kappa shape index (κ2) is 3.53. The number of nitro groups is 2. The molecule has 17 heavy (non-hydrogen) atoms. The lowest BCUT2D eigenvalue weighted by molar-refractivity contribution is -0.548. The van der Waals surface area contributed by atoms with Crippen LogP contribution in [0.25, 0.3) is 10.9 Å². The van der Waals surface area contributed by atoms with E-state index in [1.165, 1.54) is 6.07 Å². The van der Waals surface area contributed by atoms with E-state index in [4.69, 9.17) is 5.26 Å². The van der Waals surface area contributed by atoms with E-state index in [-0.39, 0.29) is 22.3 Å². The van der Waals surface area contributed by atoms with Crippen LogP contribution in [0.1, 0.15) is 5.69 Å². The molecular formula is C8H3N5O4. The maximum Gasteiger partial charge on any atom is 0.287 e. The lowest BCUT2D eigenvalue weighted by Crippen LogP contribution is -2.10. The highest BCUT2D eigenvalue weighted by molar-refractivity contribution is 5.85. The van der Waals surface area contributed by atoms with Crippen LogP contribution in [0.5, 0.6) is 0 Å². The number of hydrogen-bond donors (Lipinski definition) is 0. The molecule has 0 saturated heterocycles. The number of nitro benzene ring substituents is 1. The van der Waals surface area contributed by atoms with Crippen LogP contribution in [0, 0.1) is 31.6 Å². The van der Waals surface area contributed by atoms with Gasteiger partial charge in [0.25, 0.3) is 11.4 Å². The van der Waals surface area contributed by atoms with Gasteiger partial charge in [0.15, 0.2) is 11.6 Å². The molecule has 0 fully saturated rings. The molecule has 9 nitrogen and oxygen atoms in total. The Labute approximate surface area is 92.8 Å². The SMILES string of the molecule is N#Cc1nn([N+](=O)[O-])c2cc([N+](=O)[O-])ccc12. The molecule has 0 unspecified atom stereocenters. The number of aromatic nitrogens is 2. The zero-order chi connectivity index (χ0) is 12.6. The fraction of sp³-hybridized carbons (Fsp3) is 0. The maximum atomic E-state index is 10.7. The lowest BCUT2D eigenvalue weighted by atomic mass is 10.2. The highest BCUT2D eigenvalue weighted by Crippen LogP contribution is 2.23. The summed E-state index contributed by atoms with van der Waals surface area (Å²) in [7, 11) is 0. The molecule has 0 spiro atoms. The molecule has 1 heterocycles. The van der Waals surface area contributed by atoms with Gasteiger partial charge in [-0.1, -0.05) is 0 Å². The zero-order valence-electron chi connectivity index (χ0n) is 8.10. The van der Waals surface area contributed by atoms with Crippen LogP contribution in [-0.2, 0) is 0 Å². The predicted molar refractivity (Wildman–Crippen MR) is 53.5 cm³/mol. The van der Waals surface area contributed by atoms with Crippen molar-refractivity contribution in [2.45, 2.75) is 0 Å². The number of non-ortho nitro benzene ring substituents is 1. The topological polar surface area (TPSA) is 128 Å². The van der Waals surface area contributed by atoms with E-state index in [0.29, 0.717) is 4.79 Å². The summed E-state index contributed by atoms with van der Waals surface area (Å²) in [5.41, 5.74) is -0.530. The molecule has 0 amide bonds. The first-order valence-corrected chi connectivity index (χ1v) is 4.26. The Morgan fingerprint density at radius 2 is 2.06 bits per heavy atom. The summed E-state index contributed by atoms with van der Waals surface area (Å²) in [6.45, 7) is 0. The zero-order valence-corrected chi connectivity index (χ0v) is 8.10. The molecule has 0 aliphatic rings. The van der Waals surface area contributed by atoms with E-state index >= 15 is 0 Å². The average Bonchev–Trinajstić information content (AvgIpc) is 2.66. The van der Waals surface area contributed by atoms with Crippen LogP contribution in [0.2, 0.25) is 0 Å². The molecule has 2 aromatic rings. The van der Waals surface area contributed by atoms with Gasteiger partial charge in [0.2, 0.25) is 0 Å². The van der Waals surface area contributed by atoms with Crippen molar-refractivity contribution in [3.8, 4) is 6.07 Å². The molecule has 0 aliphatic carbocycles. The van der Waals surface area contributed by atoms with E-state index in [9.17, 15) is 20.2 Å². The monoisotopic (exact) mass is 233 g/mol. The van der Waals surface area contributed by atoms with Crippen molar-refractivity contribution >= 4 is 16.6 Å². The van der Waals surface area contributed by atoms with Gasteiger partial charge in [0.1, 0.15) is 0 Å². The minimum atomic E-state index is -0.854. The average molecular weight is 233 g/mol. The van der Waals surface area contributed by atoms with Gasteiger partial charge in [-0.25, -0.2) is 0 Å². The third kappa shape index (κ3) is 1.53. The number of fused-ring (bicyclic) bond motifs is 1. The lowest BCUT2D eigenvalue weighted by Gasteiger charge is -1.93. The van der Waals surface area contributed by atoms with Gasteiger partial charge < -0.3 is 10.1 Å². The smallest absolute Gasteiger partial charge is 0.287 e. The Kier molecular flexibility index (Phi) is 2.18. The summed E-state index contributed by atoms with van der Waals surface area (Å²) in [5.74, 6) is 0.